The normalized spacial score (nSPS) is 17.7. The Kier molecular flexibility index (Phi) is 4.23. The van der Waals surface area contributed by atoms with E-state index in [2.05, 4.69) is 5.10 Å². The lowest BCUT2D eigenvalue weighted by Crippen LogP contribution is -2.25. The summed E-state index contributed by atoms with van der Waals surface area (Å²) in [6.45, 7) is 0. The number of hydrogen-bond donors (Lipinski definition) is 0. The summed E-state index contributed by atoms with van der Waals surface area (Å²) in [6, 6.07) is 8.35. The molecule has 0 saturated carbocycles. The van der Waals surface area contributed by atoms with Gasteiger partial charge < -0.3 is 13.9 Å². The van der Waals surface area contributed by atoms with Crippen molar-refractivity contribution in [1.29, 1.82) is 0 Å². The minimum Gasteiger partial charge on any atom is -0.493 e. The zero-order valence-corrected chi connectivity index (χ0v) is 14.4. The van der Waals surface area contributed by atoms with E-state index in [9.17, 15) is 8.42 Å². The maximum absolute atomic E-state index is 12.1. The molecule has 128 valence electrons. The van der Waals surface area contributed by atoms with Crippen molar-refractivity contribution in [3.63, 3.8) is 0 Å². The fourth-order valence-electron chi connectivity index (χ4n) is 2.68. The van der Waals surface area contributed by atoms with E-state index in [1.54, 1.807) is 38.5 Å². The summed E-state index contributed by atoms with van der Waals surface area (Å²) >= 11 is 0. The predicted molar refractivity (Wildman–Crippen MR) is 88.8 cm³/mol. The SMILES string of the molecule is COc1ccc(C2=NN(S(C)(=O)=O)[C@H](c3ccco3)C2)cc1OC. The molecule has 0 amide bonds. The molecule has 1 aliphatic rings. The molecule has 0 aliphatic carbocycles. The van der Waals surface area contributed by atoms with E-state index >= 15 is 0 Å². The van der Waals surface area contributed by atoms with E-state index in [1.165, 1.54) is 6.26 Å². The van der Waals surface area contributed by atoms with Crippen molar-refractivity contribution in [3.05, 3.63) is 47.9 Å². The number of methoxy groups -OCH3 is 2. The van der Waals surface area contributed by atoms with Crippen molar-refractivity contribution >= 4 is 15.7 Å². The summed E-state index contributed by atoms with van der Waals surface area (Å²) in [5, 5.41) is 4.30. The maximum Gasteiger partial charge on any atom is 0.247 e. The van der Waals surface area contributed by atoms with Crippen LogP contribution in [0.25, 0.3) is 0 Å². The summed E-state index contributed by atoms with van der Waals surface area (Å²) in [6.07, 6.45) is 3.06. The molecule has 0 N–H and O–H groups in total. The highest BCUT2D eigenvalue weighted by Gasteiger charge is 2.36. The van der Waals surface area contributed by atoms with E-state index in [4.69, 9.17) is 13.9 Å². The Balaban J connectivity index is 2.00. The van der Waals surface area contributed by atoms with Gasteiger partial charge in [-0.1, -0.05) is 0 Å². The highest BCUT2D eigenvalue weighted by Crippen LogP contribution is 2.36. The van der Waals surface area contributed by atoms with Gasteiger partial charge in [-0.15, -0.1) is 0 Å². The zero-order valence-electron chi connectivity index (χ0n) is 13.6. The predicted octanol–water partition coefficient (Wildman–Crippen LogP) is 2.41. The monoisotopic (exact) mass is 350 g/mol. The minimum absolute atomic E-state index is 0.413. The Morgan fingerprint density at radius 3 is 2.54 bits per heavy atom. The molecule has 0 unspecified atom stereocenters. The summed E-state index contributed by atoms with van der Waals surface area (Å²) < 4.78 is 41.1. The van der Waals surface area contributed by atoms with Crippen LogP contribution >= 0.6 is 0 Å². The highest BCUT2D eigenvalue weighted by molar-refractivity contribution is 7.88. The van der Waals surface area contributed by atoms with Crippen molar-refractivity contribution in [1.82, 2.24) is 4.41 Å². The standard InChI is InChI=1S/C16H18N2O5S/c1-21-15-7-6-11(9-16(15)22-2)12-10-13(14-5-4-8-23-14)18(17-12)24(3,19)20/h4-9,13H,10H2,1-3H3/t13-/m0/s1. The molecule has 3 rings (SSSR count). The molecule has 0 radical (unpaired) electrons. The lowest BCUT2D eigenvalue weighted by atomic mass is 10.0. The molecule has 2 aromatic rings. The van der Waals surface area contributed by atoms with Gasteiger partial charge in [0.2, 0.25) is 10.0 Å². The van der Waals surface area contributed by atoms with Crippen molar-refractivity contribution in [3.8, 4) is 11.5 Å². The van der Waals surface area contributed by atoms with Gasteiger partial charge in [0.1, 0.15) is 11.8 Å². The third-order valence-electron chi connectivity index (χ3n) is 3.80. The Morgan fingerprint density at radius 1 is 1.21 bits per heavy atom. The largest absolute Gasteiger partial charge is 0.493 e. The second kappa shape index (κ2) is 6.20. The summed E-state index contributed by atoms with van der Waals surface area (Å²) in [5.74, 6) is 1.71. The topological polar surface area (TPSA) is 81.3 Å². The van der Waals surface area contributed by atoms with E-state index in [0.29, 0.717) is 29.4 Å². The van der Waals surface area contributed by atoms with E-state index in [-0.39, 0.29) is 0 Å². The molecular formula is C16H18N2O5S. The number of nitrogens with zero attached hydrogens (tertiary/aromatic N) is 2. The van der Waals surface area contributed by atoms with Crippen LogP contribution in [0.1, 0.15) is 23.8 Å². The molecule has 0 spiro atoms. The fraction of sp³-hybridized carbons (Fsp3) is 0.312. The minimum atomic E-state index is -3.52. The number of benzene rings is 1. The van der Waals surface area contributed by atoms with E-state index in [1.807, 2.05) is 6.07 Å². The van der Waals surface area contributed by atoms with Gasteiger partial charge in [0.05, 0.1) is 32.5 Å². The molecule has 1 aliphatic heterocycles. The second-order valence-electron chi connectivity index (χ2n) is 5.39. The summed E-state index contributed by atoms with van der Waals surface area (Å²) in [5.41, 5.74) is 1.41. The first-order valence-electron chi connectivity index (χ1n) is 7.26. The fourth-order valence-corrected chi connectivity index (χ4v) is 3.57. The van der Waals surface area contributed by atoms with Crippen LogP contribution in [0.2, 0.25) is 0 Å². The number of hydrogen-bond acceptors (Lipinski definition) is 6. The van der Waals surface area contributed by atoms with Crippen LogP contribution in [0, 0.1) is 0 Å². The van der Waals surface area contributed by atoms with Crippen molar-refractivity contribution in [2.75, 3.05) is 20.5 Å². The molecule has 0 bridgehead atoms. The van der Waals surface area contributed by atoms with Crippen LogP contribution in [-0.4, -0.2) is 39.0 Å². The molecular weight excluding hydrogens is 332 g/mol. The first-order chi connectivity index (χ1) is 11.4. The molecule has 8 heteroatoms. The van der Waals surface area contributed by atoms with Crippen LogP contribution in [0.15, 0.2) is 46.1 Å². The second-order valence-corrected chi connectivity index (χ2v) is 7.23. The van der Waals surface area contributed by atoms with Crippen molar-refractivity contribution < 1.29 is 22.3 Å². The molecule has 1 atom stereocenters. The lowest BCUT2D eigenvalue weighted by Gasteiger charge is -2.18. The number of ether oxygens (including phenoxy) is 2. The zero-order chi connectivity index (χ0) is 17.3. The third kappa shape index (κ3) is 2.96. The van der Waals surface area contributed by atoms with Gasteiger partial charge in [-0.25, -0.2) is 8.42 Å². The van der Waals surface area contributed by atoms with Gasteiger partial charge in [0.15, 0.2) is 11.5 Å². The summed E-state index contributed by atoms with van der Waals surface area (Å²) in [7, 11) is -0.411. The Labute approximate surface area is 140 Å². The molecule has 7 nitrogen and oxygen atoms in total. The average Bonchev–Trinajstić information content (AvgIpc) is 3.22. The smallest absolute Gasteiger partial charge is 0.247 e. The molecule has 2 heterocycles. The van der Waals surface area contributed by atoms with Gasteiger partial charge in [0.25, 0.3) is 0 Å². The molecule has 24 heavy (non-hydrogen) atoms. The number of sulfonamides is 1. The van der Waals surface area contributed by atoms with Gasteiger partial charge in [0, 0.05) is 12.0 Å². The highest BCUT2D eigenvalue weighted by atomic mass is 32.2. The lowest BCUT2D eigenvalue weighted by molar-refractivity contribution is 0.322. The Morgan fingerprint density at radius 2 is 1.96 bits per heavy atom. The van der Waals surface area contributed by atoms with Crippen LogP contribution in [0.4, 0.5) is 0 Å². The third-order valence-corrected chi connectivity index (χ3v) is 4.82. The van der Waals surface area contributed by atoms with E-state index < -0.39 is 16.1 Å². The van der Waals surface area contributed by atoms with Gasteiger partial charge >= 0.3 is 0 Å². The summed E-state index contributed by atoms with van der Waals surface area (Å²) in [4.78, 5) is 0. The number of furan rings is 1. The van der Waals surface area contributed by atoms with Crippen LogP contribution < -0.4 is 9.47 Å². The number of rotatable bonds is 5. The Bertz CT molecular complexity index is 859. The first kappa shape index (κ1) is 16.4. The maximum atomic E-state index is 12.1. The average molecular weight is 350 g/mol. The molecule has 0 fully saturated rings. The van der Waals surface area contributed by atoms with Crippen LogP contribution in [0.5, 0.6) is 11.5 Å². The number of hydrazone groups is 1. The van der Waals surface area contributed by atoms with Gasteiger partial charge in [-0.2, -0.15) is 9.52 Å². The van der Waals surface area contributed by atoms with Gasteiger partial charge in [-0.05, 0) is 30.3 Å². The van der Waals surface area contributed by atoms with Crippen molar-refractivity contribution in [2.24, 2.45) is 5.10 Å². The quantitative estimate of drug-likeness (QED) is 0.827. The van der Waals surface area contributed by atoms with E-state index in [0.717, 1.165) is 16.2 Å². The first-order valence-corrected chi connectivity index (χ1v) is 9.11. The van der Waals surface area contributed by atoms with Gasteiger partial charge in [-0.3, -0.25) is 0 Å². The van der Waals surface area contributed by atoms with Crippen LogP contribution in [0.3, 0.4) is 0 Å². The molecule has 1 aromatic carbocycles. The Hall–Kier alpha value is -2.48. The molecule has 0 saturated heterocycles. The van der Waals surface area contributed by atoms with Crippen molar-refractivity contribution in [2.45, 2.75) is 12.5 Å². The molecule has 1 aromatic heterocycles. The van der Waals surface area contributed by atoms with Crippen LogP contribution in [-0.2, 0) is 10.0 Å².